The van der Waals surface area contributed by atoms with Crippen molar-refractivity contribution in [3.63, 3.8) is 0 Å². The van der Waals surface area contributed by atoms with Crippen molar-refractivity contribution in [1.29, 1.82) is 0 Å². The molecule has 1 saturated heterocycles. The van der Waals surface area contributed by atoms with Crippen LogP contribution in [-0.4, -0.2) is 48.4 Å². The van der Waals surface area contributed by atoms with Crippen LogP contribution in [0.4, 0.5) is 0 Å². The van der Waals surface area contributed by atoms with Crippen LogP contribution < -0.4 is 5.73 Å². The first-order chi connectivity index (χ1) is 10.1. The van der Waals surface area contributed by atoms with E-state index in [1.54, 1.807) is 0 Å². The molecule has 1 aliphatic rings. The van der Waals surface area contributed by atoms with Crippen LogP contribution in [0.3, 0.4) is 0 Å². The van der Waals surface area contributed by atoms with Gasteiger partial charge < -0.3 is 10.6 Å². The maximum Gasteiger partial charge on any atom is 0.229 e. The van der Waals surface area contributed by atoms with Gasteiger partial charge in [-0.3, -0.25) is 9.69 Å². The molecular formula is C17H27N3O. The third-order valence-electron chi connectivity index (χ3n) is 4.66. The molecule has 0 aliphatic carbocycles. The van der Waals surface area contributed by atoms with Gasteiger partial charge in [-0.15, -0.1) is 0 Å². The van der Waals surface area contributed by atoms with Crippen molar-refractivity contribution in [3.05, 3.63) is 35.9 Å². The van der Waals surface area contributed by atoms with Crippen molar-refractivity contribution in [2.24, 2.45) is 11.1 Å². The van der Waals surface area contributed by atoms with Crippen LogP contribution in [0.5, 0.6) is 0 Å². The number of nitrogens with zero attached hydrogens (tertiary/aromatic N) is 2. The average molecular weight is 289 g/mol. The van der Waals surface area contributed by atoms with Crippen molar-refractivity contribution >= 4 is 5.91 Å². The quantitative estimate of drug-likeness (QED) is 0.897. The molecule has 0 aromatic heterocycles. The molecule has 1 aliphatic heterocycles. The molecule has 1 amide bonds. The predicted molar refractivity (Wildman–Crippen MR) is 85.8 cm³/mol. The number of hydrogen-bond acceptors (Lipinski definition) is 3. The average Bonchev–Trinajstić information content (AvgIpc) is 2.55. The zero-order valence-electron chi connectivity index (χ0n) is 13.2. The lowest BCUT2D eigenvalue weighted by molar-refractivity contribution is -0.142. The Balaban J connectivity index is 1.87. The van der Waals surface area contributed by atoms with Gasteiger partial charge in [0.2, 0.25) is 5.91 Å². The fraction of sp³-hybridized carbons (Fsp3) is 0.588. The SMILES string of the molecule is CCC(C)(CN)C(=O)N1CCN(Cc2ccccc2)CC1. The van der Waals surface area contributed by atoms with Gasteiger partial charge in [0.25, 0.3) is 0 Å². The van der Waals surface area contributed by atoms with Gasteiger partial charge in [-0.2, -0.15) is 0 Å². The molecule has 0 saturated carbocycles. The van der Waals surface area contributed by atoms with Gasteiger partial charge in [0.15, 0.2) is 0 Å². The van der Waals surface area contributed by atoms with Gasteiger partial charge in [-0.05, 0) is 18.9 Å². The number of benzene rings is 1. The number of nitrogens with two attached hydrogens (primary N) is 1. The zero-order chi connectivity index (χ0) is 15.3. The summed E-state index contributed by atoms with van der Waals surface area (Å²) >= 11 is 0. The summed E-state index contributed by atoms with van der Waals surface area (Å²) in [4.78, 5) is 17.0. The summed E-state index contributed by atoms with van der Waals surface area (Å²) in [5.41, 5.74) is 6.73. The van der Waals surface area contributed by atoms with Gasteiger partial charge in [0, 0.05) is 39.3 Å². The summed E-state index contributed by atoms with van der Waals surface area (Å²) in [5, 5.41) is 0. The fourth-order valence-corrected chi connectivity index (χ4v) is 2.72. The van der Waals surface area contributed by atoms with E-state index in [0.29, 0.717) is 6.54 Å². The first kappa shape index (κ1) is 16.0. The third kappa shape index (κ3) is 3.83. The molecule has 0 spiro atoms. The number of carbonyl (C=O) groups excluding carboxylic acids is 1. The van der Waals surface area contributed by atoms with Gasteiger partial charge in [0.05, 0.1) is 5.41 Å². The molecule has 4 heteroatoms. The number of rotatable bonds is 5. The topological polar surface area (TPSA) is 49.6 Å². The van der Waals surface area contributed by atoms with Crippen molar-refractivity contribution < 1.29 is 4.79 Å². The van der Waals surface area contributed by atoms with Crippen LogP contribution in [0, 0.1) is 5.41 Å². The van der Waals surface area contributed by atoms with Crippen LogP contribution in [0.1, 0.15) is 25.8 Å². The number of hydrogen-bond donors (Lipinski definition) is 1. The maximum atomic E-state index is 12.6. The first-order valence-electron chi connectivity index (χ1n) is 7.85. The molecule has 2 N–H and O–H groups in total. The molecule has 21 heavy (non-hydrogen) atoms. The van der Waals surface area contributed by atoms with E-state index in [-0.39, 0.29) is 5.91 Å². The highest BCUT2D eigenvalue weighted by Gasteiger charge is 2.34. The fourth-order valence-electron chi connectivity index (χ4n) is 2.72. The van der Waals surface area contributed by atoms with Crippen molar-refractivity contribution in [2.75, 3.05) is 32.7 Å². The smallest absolute Gasteiger partial charge is 0.229 e. The minimum absolute atomic E-state index is 0.215. The standard InChI is InChI=1S/C17H27N3O/c1-3-17(2,14-18)16(21)20-11-9-19(10-12-20)13-15-7-5-4-6-8-15/h4-8H,3,9-14,18H2,1-2H3. The molecule has 1 unspecified atom stereocenters. The molecule has 116 valence electrons. The monoisotopic (exact) mass is 289 g/mol. The lowest BCUT2D eigenvalue weighted by Gasteiger charge is -2.39. The Bertz CT molecular complexity index is 448. The molecule has 1 atom stereocenters. The highest BCUT2D eigenvalue weighted by molar-refractivity contribution is 5.82. The molecule has 0 bridgehead atoms. The van der Waals surface area contributed by atoms with Crippen molar-refractivity contribution in [3.8, 4) is 0 Å². The van der Waals surface area contributed by atoms with E-state index < -0.39 is 5.41 Å². The van der Waals surface area contributed by atoms with Gasteiger partial charge in [-0.25, -0.2) is 0 Å². The summed E-state index contributed by atoms with van der Waals surface area (Å²) in [6, 6.07) is 10.5. The highest BCUT2D eigenvalue weighted by atomic mass is 16.2. The van der Waals surface area contributed by atoms with Crippen molar-refractivity contribution in [2.45, 2.75) is 26.8 Å². The van der Waals surface area contributed by atoms with E-state index in [4.69, 9.17) is 5.73 Å². The van der Waals surface area contributed by atoms with Gasteiger partial charge in [0.1, 0.15) is 0 Å². The second-order valence-electron chi connectivity index (χ2n) is 6.17. The lowest BCUT2D eigenvalue weighted by Crippen LogP contribution is -2.53. The number of piperazine rings is 1. The van der Waals surface area contributed by atoms with Gasteiger partial charge >= 0.3 is 0 Å². The third-order valence-corrected chi connectivity index (χ3v) is 4.66. The summed E-state index contributed by atoms with van der Waals surface area (Å²) in [6.07, 6.45) is 0.798. The molecule has 4 nitrogen and oxygen atoms in total. The predicted octanol–water partition coefficient (Wildman–Crippen LogP) is 1.71. The van der Waals surface area contributed by atoms with Crippen LogP contribution in [0.25, 0.3) is 0 Å². The molecule has 1 fully saturated rings. The summed E-state index contributed by atoms with van der Waals surface area (Å²) < 4.78 is 0. The second-order valence-corrected chi connectivity index (χ2v) is 6.17. The number of carbonyl (C=O) groups is 1. The molecule has 1 aromatic carbocycles. The Morgan fingerprint density at radius 3 is 2.33 bits per heavy atom. The Hall–Kier alpha value is -1.39. The molecule has 0 radical (unpaired) electrons. The normalized spacial score (nSPS) is 19.3. The first-order valence-corrected chi connectivity index (χ1v) is 7.85. The summed E-state index contributed by atoms with van der Waals surface area (Å²) in [7, 11) is 0. The van der Waals surface area contributed by atoms with E-state index in [1.165, 1.54) is 5.56 Å². The lowest BCUT2D eigenvalue weighted by atomic mass is 9.86. The van der Waals surface area contributed by atoms with E-state index in [9.17, 15) is 4.79 Å². The molecular weight excluding hydrogens is 262 g/mol. The Morgan fingerprint density at radius 1 is 1.19 bits per heavy atom. The largest absolute Gasteiger partial charge is 0.340 e. The molecule has 2 rings (SSSR count). The van der Waals surface area contributed by atoms with Crippen LogP contribution in [0.15, 0.2) is 30.3 Å². The Kier molecular flexibility index (Phi) is 5.37. The van der Waals surface area contributed by atoms with Crippen LogP contribution >= 0.6 is 0 Å². The summed E-state index contributed by atoms with van der Waals surface area (Å²) in [5.74, 6) is 0.215. The van der Waals surface area contributed by atoms with Crippen LogP contribution in [-0.2, 0) is 11.3 Å². The minimum Gasteiger partial charge on any atom is -0.340 e. The molecule has 1 heterocycles. The Labute approximate surface area is 127 Å². The van der Waals surface area contributed by atoms with E-state index in [2.05, 4.69) is 29.2 Å². The number of amides is 1. The van der Waals surface area contributed by atoms with E-state index in [1.807, 2.05) is 24.8 Å². The van der Waals surface area contributed by atoms with E-state index in [0.717, 1.165) is 39.1 Å². The minimum atomic E-state index is -0.401. The zero-order valence-corrected chi connectivity index (χ0v) is 13.2. The Morgan fingerprint density at radius 2 is 1.81 bits per heavy atom. The van der Waals surface area contributed by atoms with E-state index >= 15 is 0 Å². The van der Waals surface area contributed by atoms with Crippen LogP contribution in [0.2, 0.25) is 0 Å². The van der Waals surface area contributed by atoms with Crippen molar-refractivity contribution in [1.82, 2.24) is 9.80 Å². The highest BCUT2D eigenvalue weighted by Crippen LogP contribution is 2.23. The summed E-state index contributed by atoms with van der Waals surface area (Å²) in [6.45, 7) is 8.89. The maximum absolute atomic E-state index is 12.6. The second kappa shape index (κ2) is 7.05. The van der Waals surface area contributed by atoms with Gasteiger partial charge in [-0.1, -0.05) is 37.3 Å². The molecule has 1 aromatic rings.